The Morgan fingerprint density at radius 1 is 1.33 bits per heavy atom. The van der Waals surface area contributed by atoms with E-state index >= 15 is 0 Å². The van der Waals surface area contributed by atoms with Crippen LogP contribution in [0.5, 0.6) is 0 Å². The summed E-state index contributed by atoms with van der Waals surface area (Å²) in [4.78, 5) is 2.59. The van der Waals surface area contributed by atoms with Gasteiger partial charge in [-0.05, 0) is 37.6 Å². The van der Waals surface area contributed by atoms with Crippen molar-refractivity contribution >= 4 is 0 Å². The molecule has 1 fully saturated rings. The fourth-order valence-electron chi connectivity index (χ4n) is 3.63. The lowest BCUT2D eigenvalue weighted by Gasteiger charge is -2.55. The highest BCUT2D eigenvalue weighted by Crippen LogP contribution is 2.43. The van der Waals surface area contributed by atoms with E-state index in [0.717, 1.165) is 12.5 Å². The Kier molecular flexibility index (Phi) is 4.88. The first-order valence-electron chi connectivity index (χ1n) is 7.60. The normalized spacial score (nSPS) is 35.8. The maximum Gasteiger partial charge on any atom is 0.0359 e. The zero-order valence-corrected chi connectivity index (χ0v) is 13.6. The third kappa shape index (κ3) is 2.75. The predicted octanol–water partition coefficient (Wildman–Crippen LogP) is 3.51. The lowest BCUT2D eigenvalue weighted by atomic mass is 9.66. The van der Waals surface area contributed by atoms with Crippen LogP contribution in [0.25, 0.3) is 0 Å². The summed E-state index contributed by atoms with van der Waals surface area (Å²) in [5.41, 5.74) is 6.73. The molecule has 108 valence electrons. The van der Waals surface area contributed by atoms with Crippen molar-refractivity contribution in [2.45, 2.75) is 72.4 Å². The van der Waals surface area contributed by atoms with Gasteiger partial charge < -0.3 is 5.73 Å². The van der Waals surface area contributed by atoms with Crippen LogP contribution in [0.2, 0.25) is 0 Å². The SMILES string of the molecule is CC1CCCC(CN)(N(C)C(C)C(C)(C)C)C1C. The fraction of sp³-hybridized carbons (Fsp3) is 1.00. The van der Waals surface area contributed by atoms with E-state index in [9.17, 15) is 0 Å². The second-order valence-corrected chi connectivity index (χ2v) is 7.62. The van der Waals surface area contributed by atoms with Crippen LogP contribution in [-0.4, -0.2) is 30.1 Å². The van der Waals surface area contributed by atoms with E-state index in [1.807, 2.05) is 0 Å². The van der Waals surface area contributed by atoms with Crippen molar-refractivity contribution in [1.82, 2.24) is 4.90 Å². The van der Waals surface area contributed by atoms with Crippen molar-refractivity contribution in [3.63, 3.8) is 0 Å². The number of rotatable bonds is 3. The van der Waals surface area contributed by atoms with E-state index in [2.05, 4.69) is 53.5 Å². The summed E-state index contributed by atoms with van der Waals surface area (Å²) in [7, 11) is 2.29. The molecule has 1 aliphatic carbocycles. The van der Waals surface area contributed by atoms with E-state index in [1.54, 1.807) is 0 Å². The van der Waals surface area contributed by atoms with Gasteiger partial charge in [0.1, 0.15) is 0 Å². The van der Waals surface area contributed by atoms with Crippen LogP contribution < -0.4 is 5.73 Å². The average molecular weight is 254 g/mol. The van der Waals surface area contributed by atoms with Gasteiger partial charge in [0.05, 0.1) is 0 Å². The molecule has 2 nitrogen and oxygen atoms in total. The van der Waals surface area contributed by atoms with E-state index in [1.165, 1.54) is 19.3 Å². The summed E-state index contributed by atoms with van der Waals surface area (Å²) in [6.07, 6.45) is 3.94. The molecule has 2 heteroatoms. The van der Waals surface area contributed by atoms with Crippen molar-refractivity contribution < 1.29 is 0 Å². The highest BCUT2D eigenvalue weighted by atomic mass is 15.2. The summed E-state index contributed by atoms with van der Waals surface area (Å²) < 4.78 is 0. The fourth-order valence-corrected chi connectivity index (χ4v) is 3.63. The van der Waals surface area contributed by atoms with Crippen molar-refractivity contribution in [1.29, 1.82) is 0 Å². The Hall–Kier alpha value is -0.0800. The van der Waals surface area contributed by atoms with Gasteiger partial charge in [0.25, 0.3) is 0 Å². The first-order chi connectivity index (χ1) is 8.16. The smallest absolute Gasteiger partial charge is 0.0359 e. The second-order valence-electron chi connectivity index (χ2n) is 7.62. The Labute approximate surface area is 114 Å². The molecule has 1 aliphatic rings. The minimum absolute atomic E-state index is 0.199. The third-order valence-electron chi connectivity index (χ3n) is 5.86. The van der Waals surface area contributed by atoms with Gasteiger partial charge in [-0.1, -0.05) is 47.5 Å². The molecular weight excluding hydrogens is 220 g/mol. The van der Waals surface area contributed by atoms with Crippen LogP contribution >= 0.6 is 0 Å². The highest BCUT2D eigenvalue weighted by Gasteiger charge is 2.46. The van der Waals surface area contributed by atoms with Gasteiger partial charge in [0.2, 0.25) is 0 Å². The molecule has 0 aromatic heterocycles. The van der Waals surface area contributed by atoms with Crippen LogP contribution in [-0.2, 0) is 0 Å². The van der Waals surface area contributed by atoms with E-state index in [-0.39, 0.29) is 5.54 Å². The van der Waals surface area contributed by atoms with E-state index in [4.69, 9.17) is 5.73 Å². The number of nitrogens with two attached hydrogens (primary N) is 1. The molecule has 18 heavy (non-hydrogen) atoms. The quantitative estimate of drug-likeness (QED) is 0.835. The molecule has 0 bridgehead atoms. The van der Waals surface area contributed by atoms with Crippen molar-refractivity contribution in [2.75, 3.05) is 13.6 Å². The molecule has 1 rings (SSSR count). The molecule has 0 spiro atoms. The monoisotopic (exact) mass is 254 g/mol. The zero-order chi connectivity index (χ0) is 14.1. The molecule has 0 aromatic rings. The number of hydrogen-bond donors (Lipinski definition) is 1. The van der Waals surface area contributed by atoms with E-state index < -0.39 is 0 Å². The van der Waals surface area contributed by atoms with Crippen LogP contribution in [0.3, 0.4) is 0 Å². The summed E-state index contributed by atoms with van der Waals surface area (Å²) >= 11 is 0. The van der Waals surface area contributed by atoms with Gasteiger partial charge >= 0.3 is 0 Å². The molecule has 0 heterocycles. The molecular formula is C16H34N2. The van der Waals surface area contributed by atoms with Crippen LogP contribution in [0, 0.1) is 17.3 Å². The van der Waals surface area contributed by atoms with Gasteiger partial charge in [0.15, 0.2) is 0 Å². The van der Waals surface area contributed by atoms with E-state index in [0.29, 0.717) is 17.4 Å². The lowest BCUT2D eigenvalue weighted by molar-refractivity contribution is -0.0423. The molecule has 4 atom stereocenters. The van der Waals surface area contributed by atoms with Gasteiger partial charge in [-0.3, -0.25) is 4.90 Å². The summed E-state index contributed by atoms with van der Waals surface area (Å²) in [5.74, 6) is 1.47. The maximum absolute atomic E-state index is 6.23. The summed E-state index contributed by atoms with van der Waals surface area (Å²) in [6.45, 7) is 14.9. The zero-order valence-electron chi connectivity index (χ0n) is 13.6. The third-order valence-corrected chi connectivity index (χ3v) is 5.86. The minimum Gasteiger partial charge on any atom is -0.329 e. The summed E-state index contributed by atoms with van der Waals surface area (Å²) in [5, 5.41) is 0. The molecule has 2 N–H and O–H groups in total. The Morgan fingerprint density at radius 2 is 1.89 bits per heavy atom. The first kappa shape index (κ1) is 16.0. The van der Waals surface area contributed by atoms with Gasteiger partial charge in [0, 0.05) is 18.1 Å². The molecule has 0 aromatic carbocycles. The highest BCUT2D eigenvalue weighted by molar-refractivity contribution is 5.02. The number of nitrogens with zero attached hydrogens (tertiary/aromatic N) is 1. The standard InChI is InChI=1S/C16H34N2/c1-12-9-8-10-16(11-17,13(12)2)18(7)14(3)15(4,5)6/h12-14H,8-11,17H2,1-7H3. The van der Waals surface area contributed by atoms with Crippen LogP contribution in [0.4, 0.5) is 0 Å². The topological polar surface area (TPSA) is 29.3 Å². The number of hydrogen-bond acceptors (Lipinski definition) is 2. The van der Waals surface area contributed by atoms with Crippen LogP contribution in [0.1, 0.15) is 60.8 Å². The molecule has 0 radical (unpaired) electrons. The minimum atomic E-state index is 0.199. The Morgan fingerprint density at radius 3 is 2.33 bits per heavy atom. The molecule has 0 saturated heterocycles. The maximum atomic E-state index is 6.23. The van der Waals surface area contributed by atoms with Crippen molar-refractivity contribution in [3.8, 4) is 0 Å². The Balaban J connectivity index is 3.00. The molecule has 4 unspecified atom stereocenters. The van der Waals surface area contributed by atoms with Crippen LogP contribution in [0.15, 0.2) is 0 Å². The number of likely N-dealkylation sites (N-methyl/N-ethyl adjacent to an activating group) is 1. The van der Waals surface area contributed by atoms with Crippen molar-refractivity contribution in [2.24, 2.45) is 23.0 Å². The van der Waals surface area contributed by atoms with Gasteiger partial charge in [-0.25, -0.2) is 0 Å². The van der Waals surface area contributed by atoms with Crippen molar-refractivity contribution in [3.05, 3.63) is 0 Å². The predicted molar refractivity (Wildman–Crippen MR) is 80.6 cm³/mol. The first-order valence-corrected chi connectivity index (χ1v) is 7.60. The molecule has 0 amide bonds. The molecule has 0 aliphatic heterocycles. The van der Waals surface area contributed by atoms with Gasteiger partial charge in [-0.15, -0.1) is 0 Å². The lowest BCUT2D eigenvalue weighted by Crippen LogP contribution is -2.63. The van der Waals surface area contributed by atoms with Gasteiger partial charge in [-0.2, -0.15) is 0 Å². The Bertz CT molecular complexity index is 269. The largest absolute Gasteiger partial charge is 0.329 e. The second kappa shape index (κ2) is 5.50. The molecule has 1 saturated carbocycles. The average Bonchev–Trinajstić information content (AvgIpc) is 2.30. The summed E-state index contributed by atoms with van der Waals surface area (Å²) in [6, 6.07) is 0.550.